The first kappa shape index (κ1) is 19.8. The standard InChI is InChI=1S/C24H23NO5/c1-27-20-9-6-10-21(28-2)23(20)24-25(22(26)16-29-24)15-17-11-13-19(14-12-17)30-18-7-4-3-5-8-18/h3-14,24H,15-16H2,1-2H3. The molecule has 0 spiro atoms. The van der Waals surface area contributed by atoms with Crippen LogP contribution in [0.15, 0.2) is 72.8 Å². The van der Waals surface area contributed by atoms with Crippen LogP contribution in [-0.4, -0.2) is 31.6 Å². The highest BCUT2D eigenvalue weighted by molar-refractivity contribution is 5.80. The Morgan fingerprint density at radius 3 is 2.13 bits per heavy atom. The second-order valence-corrected chi connectivity index (χ2v) is 6.82. The molecule has 0 saturated carbocycles. The fraction of sp³-hybridized carbons (Fsp3) is 0.208. The molecule has 0 aromatic heterocycles. The zero-order valence-electron chi connectivity index (χ0n) is 16.9. The number of benzene rings is 3. The minimum absolute atomic E-state index is 0.0150. The second-order valence-electron chi connectivity index (χ2n) is 6.82. The average molecular weight is 405 g/mol. The van der Waals surface area contributed by atoms with Crippen molar-refractivity contribution in [3.05, 3.63) is 83.9 Å². The van der Waals surface area contributed by atoms with Gasteiger partial charge in [0.2, 0.25) is 0 Å². The third-order valence-electron chi connectivity index (χ3n) is 4.94. The maximum absolute atomic E-state index is 12.6. The number of carbonyl (C=O) groups excluding carboxylic acids is 1. The van der Waals surface area contributed by atoms with Gasteiger partial charge in [0.15, 0.2) is 6.23 Å². The largest absolute Gasteiger partial charge is 0.496 e. The minimum Gasteiger partial charge on any atom is -0.496 e. The van der Waals surface area contributed by atoms with Crippen molar-refractivity contribution in [1.82, 2.24) is 4.90 Å². The van der Waals surface area contributed by atoms with Gasteiger partial charge in [0.25, 0.3) is 5.91 Å². The molecule has 0 bridgehead atoms. The smallest absolute Gasteiger partial charge is 0.251 e. The molecule has 0 radical (unpaired) electrons. The maximum Gasteiger partial charge on any atom is 0.251 e. The van der Waals surface area contributed by atoms with Crippen molar-refractivity contribution in [2.24, 2.45) is 0 Å². The molecule has 1 aliphatic rings. The molecule has 3 aromatic rings. The van der Waals surface area contributed by atoms with Gasteiger partial charge in [-0.2, -0.15) is 0 Å². The van der Waals surface area contributed by atoms with Crippen LogP contribution in [0.5, 0.6) is 23.0 Å². The summed E-state index contributed by atoms with van der Waals surface area (Å²) in [6.45, 7) is 0.414. The van der Waals surface area contributed by atoms with Crippen molar-refractivity contribution in [2.45, 2.75) is 12.8 Å². The van der Waals surface area contributed by atoms with Crippen LogP contribution in [0.25, 0.3) is 0 Å². The van der Waals surface area contributed by atoms with Crippen LogP contribution < -0.4 is 14.2 Å². The highest BCUT2D eigenvalue weighted by atomic mass is 16.5. The molecule has 154 valence electrons. The fourth-order valence-corrected chi connectivity index (χ4v) is 3.47. The summed E-state index contributed by atoms with van der Waals surface area (Å²) < 4.78 is 22.6. The summed E-state index contributed by atoms with van der Waals surface area (Å²) in [5.41, 5.74) is 1.67. The third kappa shape index (κ3) is 4.09. The molecule has 6 heteroatoms. The SMILES string of the molecule is COc1cccc(OC)c1C1OCC(=O)N1Cc1ccc(Oc2ccccc2)cc1. The lowest BCUT2D eigenvalue weighted by molar-refractivity contribution is -0.128. The number of hydrogen-bond acceptors (Lipinski definition) is 5. The van der Waals surface area contributed by atoms with E-state index in [4.69, 9.17) is 18.9 Å². The van der Waals surface area contributed by atoms with E-state index in [0.29, 0.717) is 23.6 Å². The van der Waals surface area contributed by atoms with Crippen LogP contribution in [0.3, 0.4) is 0 Å². The van der Waals surface area contributed by atoms with Crippen molar-refractivity contribution in [1.29, 1.82) is 0 Å². The zero-order chi connectivity index (χ0) is 20.9. The number of amides is 1. The van der Waals surface area contributed by atoms with Gasteiger partial charge in [-0.25, -0.2) is 0 Å². The maximum atomic E-state index is 12.6. The molecule has 6 nitrogen and oxygen atoms in total. The Morgan fingerprint density at radius 1 is 0.867 bits per heavy atom. The summed E-state index contributed by atoms with van der Waals surface area (Å²) >= 11 is 0. The van der Waals surface area contributed by atoms with Gasteiger partial charge >= 0.3 is 0 Å². The van der Waals surface area contributed by atoms with Gasteiger partial charge in [0.05, 0.1) is 19.8 Å². The van der Waals surface area contributed by atoms with E-state index in [1.165, 1.54) is 0 Å². The number of nitrogens with zero attached hydrogens (tertiary/aromatic N) is 1. The van der Waals surface area contributed by atoms with Crippen molar-refractivity contribution in [2.75, 3.05) is 20.8 Å². The molecule has 4 rings (SSSR count). The fourth-order valence-electron chi connectivity index (χ4n) is 3.47. The topological polar surface area (TPSA) is 57.2 Å². The molecule has 1 amide bonds. The first-order chi connectivity index (χ1) is 14.7. The number of hydrogen-bond donors (Lipinski definition) is 0. The van der Waals surface area contributed by atoms with E-state index >= 15 is 0 Å². The number of rotatable bonds is 7. The van der Waals surface area contributed by atoms with Crippen LogP contribution in [0.4, 0.5) is 0 Å². The lowest BCUT2D eigenvalue weighted by Gasteiger charge is -2.26. The molecular weight excluding hydrogens is 382 g/mol. The van der Waals surface area contributed by atoms with Crippen LogP contribution in [0, 0.1) is 0 Å². The monoisotopic (exact) mass is 405 g/mol. The predicted molar refractivity (Wildman–Crippen MR) is 112 cm³/mol. The molecule has 3 aromatic carbocycles. The van der Waals surface area contributed by atoms with E-state index < -0.39 is 6.23 Å². The second kappa shape index (κ2) is 8.88. The number of methoxy groups -OCH3 is 2. The average Bonchev–Trinajstić information content (AvgIpc) is 3.14. The summed E-state index contributed by atoms with van der Waals surface area (Å²) in [4.78, 5) is 14.3. The molecule has 1 saturated heterocycles. The van der Waals surface area contributed by atoms with Crippen LogP contribution in [0.2, 0.25) is 0 Å². The van der Waals surface area contributed by atoms with E-state index in [0.717, 1.165) is 17.1 Å². The van der Waals surface area contributed by atoms with Crippen molar-refractivity contribution in [3.8, 4) is 23.0 Å². The van der Waals surface area contributed by atoms with E-state index in [1.807, 2.05) is 72.8 Å². The first-order valence-corrected chi connectivity index (χ1v) is 9.63. The van der Waals surface area contributed by atoms with E-state index in [9.17, 15) is 4.79 Å². The van der Waals surface area contributed by atoms with Gasteiger partial charge in [0, 0.05) is 6.54 Å². The number of carbonyl (C=O) groups is 1. The Kier molecular flexibility index (Phi) is 5.86. The molecule has 1 heterocycles. The molecule has 1 aliphatic heterocycles. The predicted octanol–water partition coefficient (Wildman–Crippen LogP) is 4.55. The van der Waals surface area contributed by atoms with E-state index in [-0.39, 0.29) is 12.5 Å². The quantitative estimate of drug-likeness (QED) is 0.577. The van der Waals surface area contributed by atoms with Gasteiger partial charge in [-0.3, -0.25) is 4.79 Å². The summed E-state index contributed by atoms with van der Waals surface area (Å²) in [5.74, 6) is 2.66. The Morgan fingerprint density at radius 2 is 1.50 bits per heavy atom. The Hall–Kier alpha value is -3.51. The third-order valence-corrected chi connectivity index (χ3v) is 4.94. The molecular formula is C24H23NO5. The molecule has 30 heavy (non-hydrogen) atoms. The Balaban J connectivity index is 1.54. The normalized spacial score (nSPS) is 15.9. The first-order valence-electron chi connectivity index (χ1n) is 9.63. The number of ether oxygens (including phenoxy) is 4. The van der Waals surface area contributed by atoms with Gasteiger partial charge in [-0.1, -0.05) is 36.4 Å². The molecule has 1 unspecified atom stereocenters. The van der Waals surface area contributed by atoms with Crippen LogP contribution >= 0.6 is 0 Å². The van der Waals surface area contributed by atoms with Crippen molar-refractivity contribution in [3.63, 3.8) is 0 Å². The molecule has 1 atom stereocenters. The van der Waals surface area contributed by atoms with Crippen molar-refractivity contribution >= 4 is 5.91 Å². The number of para-hydroxylation sites is 1. The molecule has 0 N–H and O–H groups in total. The Labute approximate surface area is 175 Å². The highest BCUT2D eigenvalue weighted by Crippen LogP contribution is 2.40. The van der Waals surface area contributed by atoms with Gasteiger partial charge in [0.1, 0.15) is 29.6 Å². The van der Waals surface area contributed by atoms with Gasteiger partial charge in [-0.05, 0) is 42.0 Å². The zero-order valence-corrected chi connectivity index (χ0v) is 16.9. The van der Waals surface area contributed by atoms with Gasteiger partial charge < -0.3 is 23.8 Å². The molecule has 1 fully saturated rings. The Bertz CT molecular complexity index is 982. The van der Waals surface area contributed by atoms with E-state index in [2.05, 4.69) is 0 Å². The summed E-state index contributed by atoms with van der Waals surface area (Å²) in [6.07, 6.45) is -0.580. The summed E-state index contributed by atoms with van der Waals surface area (Å²) in [6, 6.07) is 22.8. The van der Waals surface area contributed by atoms with E-state index in [1.54, 1.807) is 19.1 Å². The summed E-state index contributed by atoms with van der Waals surface area (Å²) in [7, 11) is 3.18. The lowest BCUT2D eigenvalue weighted by atomic mass is 10.1. The van der Waals surface area contributed by atoms with Crippen LogP contribution in [-0.2, 0) is 16.1 Å². The van der Waals surface area contributed by atoms with Crippen molar-refractivity contribution < 1.29 is 23.7 Å². The summed E-state index contributed by atoms with van der Waals surface area (Å²) in [5, 5.41) is 0. The lowest BCUT2D eigenvalue weighted by Crippen LogP contribution is -2.28. The highest BCUT2D eigenvalue weighted by Gasteiger charge is 2.36. The van der Waals surface area contributed by atoms with Gasteiger partial charge in [-0.15, -0.1) is 0 Å². The minimum atomic E-state index is -0.580. The molecule has 0 aliphatic carbocycles. The van der Waals surface area contributed by atoms with Crippen LogP contribution in [0.1, 0.15) is 17.4 Å².